The number of ether oxygens (including phenoxy) is 2. The van der Waals surface area contributed by atoms with Gasteiger partial charge in [0.2, 0.25) is 5.91 Å². The highest BCUT2D eigenvalue weighted by Crippen LogP contribution is 2.37. The Hall–Kier alpha value is -1.75. The molecule has 136 valence electrons. The van der Waals surface area contributed by atoms with Crippen LogP contribution in [0.5, 0.6) is 11.5 Å². The Bertz CT molecular complexity index is 607. The molecule has 5 nitrogen and oxygen atoms in total. The standard InChI is InChI=1S/C20H28N2O3/c23-19(20(10-3-4-11-20)22-13-5-6-14-22)21-12-9-16-15-24-17-7-1-2-8-18(17)25-16/h1-2,7-8,16H,3-6,9-15H2,(H,21,23)/t16-/m0/s1. The van der Waals surface area contributed by atoms with Gasteiger partial charge in [-0.2, -0.15) is 0 Å². The van der Waals surface area contributed by atoms with E-state index in [1.165, 1.54) is 25.7 Å². The predicted molar refractivity (Wildman–Crippen MR) is 96.0 cm³/mol. The smallest absolute Gasteiger partial charge is 0.240 e. The lowest BCUT2D eigenvalue weighted by Gasteiger charge is -2.37. The third-order valence-corrected chi connectivity index (χ3v) is 5.88. The van der Waals surface area contributed by atoms with E-state index in [2.05, 4.69) is 10.2 Å². The maximum Gasteiger partial charge on any atom is 0.240 e. The van der Waals surface area contributed by atoms with Crippen molar-refractivity contribution in [2.24, 2.45) is 0 Å². The zero-order valence-corrected chi connectivity index (χ0v) is 14.8. The number of likely N-dealkylation sites (tertiary alicyclic amines) is 1. The summed E-state index contributed by atoms with van der Waals surface area (Å²) in [5.74, 6) is 1.83. The molecule has 2 fully saturated rings. The Morgan fingerprint density at radius 3 is 2.60 bits per heavy atom. The van der Waals surface area contributed by atoms with Crippen LogP contribution in [0.3, 0.4) is 0 Å². The molecule has 0 unspecified atom stereocenters. The molecule has 0 aromatic heterocycles. The highest BCUT2D eigenvalue weighted by atomic mass is 16.6. The first kappa shape index (κ1) is 16.7. The molecule has 2 heterocycles. The van der Waals surface area contributed by atoms with Crippen LogP contribution in [0.15, 0.2) is 24.3 Å². The molecule has 1 aromatic rings. The Balaban J connectivity index is 1.30. The number of para-hydroxylation sites is 2. The number of carbonyl (C=O) groups is 1. The normalized spacial score (nSPS) is 25.0. The summed E-state index contributed by atoms with van der Waals surface area (Å²) in [4.78, 5) is 15.4. The Morgan fingerprint density at radius 2 is 1.84 bits per heavy atom. The lowest BCUT2D eigenvalue weighted by molar-refractivity contribution is -0.133. The van der Waals surface area contributed by atoms with Crippen molar-refractivity contribution in [2.75, 3.05) is 26.2 Å². The molecule has 0 spiro atoms. The SMILES string of the molecule is O=C(NCC[C@H]1COc2ccccc2O1)C1(N2CCCC2)CCCC1. The molecule has 5 heteroatoms. The number of nitrogens with zero attached hydrogens (tertiary/aromatic N) is 1. The van der Waals surface area contributed by atoms with Crippen LogP contribution in [-0.4, -0.2) is 48.7 Å². The fraction of sp³-hybridized carbons (Fsp3) is 0.650. The first-order valence-electron chi connectivity index (χ1n) is 9.70. The van der Waals surface area contributed by atoms with Gasteiger partial charge in [0.15, 0.2) is 11.5 Å². The van der Waals surface area contributed by atoms with Crippen LogP contribution in [0.1, 0.15) is 44.9 Å². The summed E-state index contributed by atoms with van der Waals surface area (Å²) < 4.78 is 11.7. The summed E-state index contributed by atoms with van der Waals surface area (Å²) in [7, 11) is 0. The van der Waals surface area contributed by atoms with Gasteiger partial charge < -0.3 is 14.8 Å². The lowest BCUT2D eigenvalue weighted by atomic mass is 9.94. The molecule has 1 saturated heterocycles. The molecule has 1 amide bonds. The van der Waals surface area contributed by atoms with Crippen LogP contribution in [-0.2, 0) is 4.79 Å². The predicted octanol–water partition coefficient (Wildman–Crippen LogP) is 2.74. The van der Waals surface area contributed by atoms with Gasteiger partial charge in [0, 0.05) is 13.0 Å². The van der Waals surface area contributed by atoms with Gasteiger partial charge in [0.25, 0.3) is 0 Å². The molecule has 1 aliphatic carbocycles. The highest BCUT2D eigenvalue weighted by molar-refractivity contribution is 5.86. The van der Waals surface area contributed by atoms with E-state index >= 15 is 0 Å². The van der Waals surface area contributed by atoms with Crippen LogP contribution < -0.4 is 14.8 Å². The first-order valence-corrected chi connectivity index (χ1v) is 9.70. The van der Waals surface area contributed by atoms with Crippen LogP contribution in [0.25, 0.3) is 0 Å². The monoisotopic (exact) mass is 344 g/mol. The Kier molecular flexibility index (Phi) is 4.84. The quantitative estimate of drug-likeness (QED) is 0.892. The van der Waals surface area contributed by atoms with E-state index in [1.54, 1.807) is 0 Å². The lowest BCUT2D eigenvalue weighted by Crippen LogP contribution is -2.56. The summed E-state index contributed by atoms with van der Waals surface area (Å²) >= 11 is 0. The molecule has 3 aliphatic rings. The number of rotatable bonds is 5. The minimum Gasteiger partial charge on any atom is -0.486 e. The largest absolute Gasteiger partial charge is 0.486 e. The van der Waals surface area contributed by atoms with Crippen LogP contribution in [0.4, 0.5) is 0 Å². The molecule has 4 rings (SSSR count). The molecular formula is C20H28N2O3. The van der Waals surface area contributed by atoms with Gasteiger partial charge >= 0.3 is 0 Å². The number of nitrogens with one attached hydrogen (secondary N) is 1. The van der Waals surface area contributed by atoms with Gasteiger partial charge in [-0.15, -0.1) is 0 Å². The first-order chi connectivity index (χ1) is 12.3. The molecule has 1 atom stereocenters. The van der Waals surface area contributed by atoms with E-state index in [4.69, 9.17) is 9.47 Å². The average Bonchev–Trinajstić information content (AvgIpc) is 3.33. The number of hydrogen-bond donors (Lipinski definition) is 1. The third kappa shape index (κ3) is 3.34. The summed E-state index contributed by atoms with van der Waals surface area (Å²) in [5, 5.41) is 3.20. The number of hydrogen-bond acceptors (Lipinski definition) is 4. The van der Waals surface area contributed by atoms with Crippen molar-refractivity contribution in [3.8, 4) is 11.5 Å². The maximum atomic E-state index is 13.0. The second-order valence-corrected chi connectivity index (χ2v) is 7.48. The molecule has 1 aromatic carbocycles. The van der Waals surface area contributed by atoms with Crippen molar-refractivity contribution in [2.45, 2.75) is 56.6 Å². The van der Waals surface area contributed by atoms with E-state index in [0.29, 0.717) is 13.2 Å². The van der Waals surface area contributed by atoms with Gasteiger partial charge in [-0.1, -0.05) is 25.0 Å². The van der Waals surface area contributed by atoms with Crippen molar-refractivity contribution < 1.29 is 14.3 Å². The summed E-state index contributed by atoms with van der Waals surface area (Å²) in [6.07, 6.45) is 7.58. The highest BCUT2D eigenvalue weighted by Gasteiger charge is 2.46. The van der Waals surface area contributed by atoms with Crippen molar-refractivity contribution in [1.82, 2.24) is 10.2 Å². The van der Waals surface area contributed by atoms with Gasteiger partial charge in [0.1, 0.15) is 18.2 Å². The summed E-state index contributed by atoms with van der Waals surface area (Å²) in [6.45, 7) is 3.34. The van der Waals surface area contributed by atoms with E-state index < -0.39 is 0 Å². The number of fused-ring (bicyclic) bond motifs is 1. The van der Waals surface area contributed by atoms with E-state index in [-0.39, 0.29) is 17.6 Å². The second-order valence-electron chi connectivity index (χ2n) is 7.48. The van der Waals surface area contributed by atoms with Crippen LogP contribution >= 0.6 is 0 Å². The molecular weight excluding hydrogens is 316 g/mol. The van der Waals surface area contributed by atoms with Crippen molar-refractivity contribution in [3.05, 3.63) is 24.3 Å². The molecule has 1 N–H and O–H groups in total. The van der Waals surface area contributed by atoms with Crippen molar-refractivity contribution in [3.63, 3.8) is 0 Å². The average molecular weight is 344 g/mol. The van der Waals surface area contributed by atoms with Crippen molar-refractivity contribution in [1.29, 1.82) is 0 Å². The maximum absolute atomic E-state index is 13.0. The van der Waals surface area contributed by atoms with Gasteiger partial charge in [-0.05, 0) is 50.9 Å². The van der Waals surface area contributed by atoms with Gasteiger partial charge in [0.05, 0.1) is 0 Å². The van der Waals surface area contributed by atoms with Crippen molar-refractivity contribution >= 4 is 5.91 Å². The van der Waals surface area contributed by atoms with E-state index in [0.717, 1.165) is 43.9 Å². The molecule has 25 heavy (non-hydrogen) atoms. The zero-order chi connectivity index (χ0) is 17.1. The minimum atomic E-state index is -0.243. The molecule has 0 bridgehead atoms. The second kappa shape index (κ2) is 7.24. The molecule has 0 radical (unpaired) electrons. The number of amides is 1. The minimum absolute atomic E-state index is 0.00140. The summed E-state index contributed by atoms with van der Waals surface area (Å²) in [6, 6.07) is 7.75. The topological polar surface area (TPSA) is 50.8 Å². The Morgan fingerprint density at radius 1 is 1.12 bits per heavy atom. The van der Waals surface area contributed by atoms with E-state index in [1.807, 2.05) is 24.3 Å². The zero-order valence-electron chi connectivity index (χ0n) is 14.8. The fourth-order valence-corrected chi connectivity index (χ4v) is 4.51. The number of carbonyl (C=O) groups excluding carboxylic acids is 1. The Labute approximate surface area is 149 Å². The third-order valence-electron chi connectivity index (χ3n) is 5.88. The number of benzene rings is 1. The fourth-order valence-electron chi connectivity index (χ4n) is 4.51. The summed E-state index contributed by atoms with van der Waals surface area (Å²) in [5.41, 5.74) is -0.243. The van der Waals surface area contributed by atoms with E-state index in [9.17, 15) is 4.79 Å². The van der Waals surface area contributed by atoms with Crippen LogP contribution in [0, 0.1) is 0 Å². The molecule has 1 saturated carbocycles. The van der Waals surface area contributed by atoms with Gasteiger partial charge in [-0.25, -0.2) is 0 Å². The molecule has 2 aliphatic heterocycles. The van der Waals surface area contributed by atoms with Crippen LogP contribution in [0.2, 0.25) is 0 Å². The van der Waals surface area contributed by atoms with Gasteiger partial charge in [-0.3, -0.25) is 9.69 Å².